The average molecular weight is 336 g/mol. The Morgan fingerprint density at radius 1 is 1.12 bits per heavy atom. The van der Waals surface area contributed by atoms with E-state index in [1.54, 1.807) is 6.92 Å². The molecule has 2 bridgehead atoms. The average Bonchev–Trinajstić information content (AvgIpc) is 2.62. The number of hydrogen-bond donors (Lipinski definition) is 0. The van der Waals surface area contributed by atoms with Gasteiger partial charge in [0.05, 0.1) is 12.5 Å². The molecule has 0 radical (unpaired) electrons. The molecule has 2 heterocycles. The van der Waals surface area contributed by atoms with Crippen LogP contribution in [0, 0.1) is 11.8 Å². The van der Waals surface area contributed by atoms with Crippen molar-refractivity contribution in [3.8, 4) is 0 Å². The summed E-state index contributed by atoms with van der Waals surface area (Å²) in [7, 11) is 0. The van der Waals surface area contributed by atoms with Crippen molar-refractivity contribution in [2.24, 2.45) is 11.8 Å². The number of benzene rings is 2. The second-order valence-electron chi connectivity index (χ2n) is 6.68. The van der Waals surface area contributed by atoms with E-state index in [1.165, 1.54) is 0 Å². The standard InChI is InChI=1S/C21H20O4/c1-3-24-20(23)18-13(2)17-15-11-7-8-12-16(15)21(18,25-19(17)22)14-9-5-4-6-10-14/h4-13,17-18H,3H2,1-2H3/t13-,17+,18-,21+/m1/s1. The van der Waals surface area contributed by atoms with Crippen molar-refractivity contribution in [3.63, 3.8) is 0 Å². The van der Waals surface area contributed by atoms with Crippen LogP contribution in [-0.2, 0) is 24.7 Å². The molecule has 0 unspecified atom stereocenters. The molecule has 25 heavy (non-hydrogen) atoms. The Bertz CT molecular complexity index is 829. The lowest BCUT2D eigenvalue weighted by molar-refractivity contribution is -0.196. The molecule has 0 N–H and O–H groups in total. The Labute approximate surface area is 146 Å². The molecule has 0 aromatic heterocycles. The first-order valence-corrected chi connectivity index (χ1v) is 8.65. The maximum Gasteiger partial charge on any atom is 0.314 e. The molecule has 1 fully saturated rings. The first-order valence-electron chi connectivity index (χ1n) is 8.65. The number of ether oxygens (including phenoxy) is 2. The summed E-state index contributed by atoms with van der Waals surface area (Å²) >= 11 is 0. The summed E-state index contributed by atoms with van der Waals surface area (Å²) < 4.78 is 11.4. The van der Waals surface area contributed by atoms with Crippen LogP contribution in [0.2, 0.25) is 0 Å². The lowest BCUT2D eigenvalue weighted by Crippen LogP contribution is -2.59. The van der Waals surface area contributed by atoms with Crippen molar-refractivity contribution in [1.29, 1.82) is 0 Å². The van der Waals surface area contributed by atoms with Gasteiger partial charge in [0.2, 0.25) is 0 Å². The zero-order valence-electron chi connectivity index (χ0n) is 14.3. The summed E-state index contributed by atoms with van der Waals surface area (Å²) in [6.45, 7) is 4.03. The minimum atomic E-state index is -1.13. The maximum atomic E-state index is 12.9. The van der Waals surface area contributed by atoms with Gasteiger partial charge in [-0.1, -0.05) is 61.5 Å². The minimum absolute atomic E-state index is 0.199. The highest BCUT2D eigenvalue weighted by atomic mass is 16.6. The number of esters is 2. The summed E-state index contributed by atoms with van der Waals surface area (Å²) in [5.41, 5.74) is 1.52. The van der Waals surface area contributed by atoms with Crippen LogP contribution in [0.15, 0.2) is 54.6 Å². The van der Waals surface area contributed by atoms with Gasteiger partial charge < -0.3 is 9.47 Å². The summed E-state index contributed by atoms with van der Waals surface area (Å²) in [6.07, 6.45) is 0. The molecule has 0 spiro atoms. The summed E-state index contributed by atoms with van der Waals surface area (Å²) in [5.74, 6) is -1.78. The van der Waals surface area contributed by atoms with Crippen LogP contribution < -0.4 is 0 Å². The third-order valence-corrected chi connectivity index (χ3v) is 5.44. The van der Waals surface area contributed by atoms with Gasteiger partial charge in [0.25, 0.3) is 0 Å². The molecule has 4 heteroatoms. The van der Waals surface area contributed by atoms with Crippen molar-refractivity contribution in [1.82, 2.24) is 0 Å². The van der Waals surface area contributed by atoms with Gasteiger partial charge in [0, 0.05) is 11.1 Å². The van der Waals surface area contributed by atoms with Crippen LogP contribution in [0.5, 0.6) is 0 Å². The highest BCUT2D eigenvalue weighted by Gasteiger charge is 2.64. The molecular formula is C21H20O4. The van der Waals surface area contributed by atoms with Crippen LogP contribution in [0.1, 0.15) is 36.5 Å². The SMILES string of the molecule is CCOC(=O)[C@H]1[C@H](C)[C@@H]2C(=O)O[C@@]1(c1ccccc1)c1ccccc12. The molecule has 3 aliphatic rings. The Morgan fingerprint density at radius 3 is 2.52 bits per heavy atom. The van der Waals surface area contributed by atoms with Gasteiger partial charge in [-0.05, 0) is 18.4 Å². The fourth-order valence-electron chi connectivity index (χ4n) is 4.49. The molecule has 1 aliphatic carbocycles. The zero-order chi connectivity index (χ0) is 17.6. The van der Waals surface area contributed by atoms with E-state index in [0.29, 0.717) is 6.61 Å². The van der Waals surface area contributed by atoms with E-state index in [2.05, 4.69) is 0 Å². The third-order valence-electron chi connectivity index (χ3n) is 5.44. The quantitative estimate of drug-likeness (QED) is 0.806. The first kappa shape index (κ1) is 15.9. The normalized spacial score (nSPS) is 29.7. The molecule has 5 rings (SSSR count). The van der Waals surface area contributed by atoms with Crippen LogP contribution >= 0.6 is 0 Å². The summed E-state index contributed by atoms with van der Waals surface area (Å²) in [5, 5.41) is 0. The Morgan fingerprint density at radius 2 is 1.80 bits per heavy atom. The second kappa shape index (κ2) is 5.73. The molecule has 0 amide bonds. The lowest BCUT2D eigenvalue weighted by atomic mass is 9.57. The molecule has 0 saturated carbocycles. The topological polar surface area (TPSA) is 52.6 Å². The van der Waals surface area contributed by atoms with Gasteiger partial charge >= 0.3 is 11.9 Å². The van der Waals surface area contributed by atoms with E-state index >= 15 is 0 Å². The highest BCUT2D eigenvalue weighted by Crippen LogP contribution is 2.58. The second-order valence-corrected chi connectivity index (χ2v) is 6.68. The van der Waals surface area contributed by atoms with Crippen molar-refractivity contribution in [2.75, 3.05) is 6.61 Å². The van der Waals surface area contributed by atoms with Gasteiger partial charge in [0.1, 0.15) is 5.92 Å². The van der Waals surface area contributed by atoms with Crippen LogP contribution in [0.25, 0.3) is 0 Å². The summed E-state index contributed by atoms with van der Waals surface area (Å²) in [6, 6.07) is 17.3. The van der Waals surface area contributed by atoms with E-state index in [4.69, 9.17) is 9.47 Å². The minimum Gasteiger partial charge on any atom is -0.466 e. The van der Waals surface area contributed by atoms with E-state index < -0.39 is 17.4 Å². The largest absolute Gasteiger partial charge is 0.466 e. The molecule has 4 nitrogen and oxygen atoms in total. The number of carbonyl (C=O) groups is 2. The first-order chi connectivity index (χ1) is 12.1. The van der Waals surface area contributed by atoms with Crippen molar-refractivity contribution < 1.29 is 19.1 Å². The van der Waals surface area contributed by atoms with Gasteiger partial charge in [0.15, 0.2) is 5.60 Å². The number of carbonyl (C=O) groups excluding carboxylic acids is 2. The van der Waals surface area contributed by atoms with Gasteiger partial charge in [-0.25, -0.2) is 0 Å². The van der Waals surface area contributed by atoms with Crippen LogP contribution in [-0.4, -0.2) is 18.5 Å². The maximum absolute atomic E-state index is 12.9. The number of hydrogen-bond acceptors (Lipinski definition) is 4. The fourth-order valence-corrected chi connectivity index (χ4v) is 4.49. The van der Waals surface area contributed by atoms with Gasteiger partial charge in [-0.15, -0.1) is 0 Å². The molecular weight excluding hydrogens is 316 g/mol. The Kier molecular flexibility index (Phi) is 3.64. The van der Waals surface area contributed by atoms with Crippen molar-refractivity contribution in [2.45, 2.75) is 25.4 Å². The smallest absolute Gasteiger partial charge is 0.314 e. The number of fused-ring (bicyclic) bond motifs is 2. The predicted octanol–water partition coefficient (Wildman–Crippen LogP) is 3.40. The zero-order valence-corrected chi connectivity index (χ0v) is 14.3. The van der Waals surface area contributed by atoms with Crippen LogP contribution in [0.4, 0.5) is 0 Å². The van der Waals surface area contributed by atoms with E-state index in [9.17, 15) is 9.59 Å². The van der Waals surface area contributed by atoms with E-state index in [-0.39, 0.29) is 17.9 Å². The third kappa shape index (κ3) is 2.06. The van der Waals surface area contributed by atoms with Crippen molar-refractivity contribution in [3.05, 3.63) is 71.3 Å². The Hall–Kier alpha value is -2.62. The van der Waals surface area contributed by atoms with Gasteiger partial charge in [-0.2, -0.15) is 0 Å². The molecule has 1 saturated heterocycles. The van der Waals surface area contributed by atoms with Crippen molar-refractivity contribution >= 4 is 11.9 Å². The fraction of sp³-hybridized carbons (Fsp3) is 0.333. The molecule has 4 atom stereocenters. The molecule has 2 aromatic rings. The molecule has 2 aliphatic heterocycles. The monoisotopic (exact) mass is 336 g/mol. The van der Waals surface area contributed by atoms with Crippen LogP contribution in [0.3, 0.4) is 0 Å². The lowest BCUT2D eigenvalue weighted by Gasteiger charge is -2.53. The van der Waals surface area contributed by atoms with E-state index in [0.717, 1.165) is 16.7 Å². The number of rotatable bonds is 3. The highest BCUT2D eigenvalue weighted by molar-refractivity contribution is 5.89. The summed E-state index contributed by atoms with van der Waals surface area (Å²) in [4.78, 5) is 25.6. The van der Waals surface area contributed by atoms with Gasteiger partial charge in [-0.3, -0.25) is 9.59 Å². The molecule has 2 aromatic carbocycles. The van der Waals surface area contributed by atoms with E-state index in [1.807, 2.05) is 61.5 Å². The Balaban J connectivity index is 2.02. The molecule has 128 valence electrons. The predicted molar refractivity (Wildman–Crippen MR) is 91.8 cm³/mol.